The first-order chi connectivity index (χ1) is 19.1. The van der Waals surface area contributed by atoms with Gasteiger partial charge in [0, 0.05) is 58.9 Å². The average molecular weight is 577 g/mol. The standard InChI is InChI=1S/C22H36N6O12/c29-15(23-9-14-19(33)20(34)21(35)22(36)37-14)10-24-1-3-25-5-7-27-8-6-26(4-2-24)12-17(31)39-28(38-16(30)11-25)40-18(32)13-27/h14,19-22,33-36H,1-13H2,(H,23,29)/t14-,19-,20+,21-,22?/m1/s1. The number of fused-ring (bicyclic) bond motifs is 7. The molecule has 0 saturated carbocycles. The van der Waals surface area contributed by atoms with Gasteiger partial charge < -0.3 is 30.5 Å². The molecular weight excluding hydrogens is 540 g/mol. The highest BCUT2D eigenvalue weighted by atomic mass is 17.2. The number of carbonyl (C=O) groups is 4. The number of nitrogens with zero attached hydrogens (tertiary/aromatic N) is 5. The van der Waals surface area contributed by atoms with Crippen molar-refractivity contribution in [1.29, 1.82) is 0 Å². The second-order valence-corrected chi connectivity index (χ2v) is 10.1. The zero-order chi connectivity index (χ0) is 28.8. The Morgan fingerprint density at radius 3 is 1.62 bits per heavy atom. The molecule has 4 rings (SSSR count). The summed E-state index contributed by atoms with van der Waals surface area (Å²) >= 11 is 0. The van der Waals surface area contributed by atoms with E-state index in [2.05, 4.69) is 5.32 Å². The molecule has 226 valence electrons. The number of aliphatic hydroxyl groups is 4. The lowest BCUT2D eigenvalue weighted by Gasteiger charge is -2.38. The SMILES string of the molecule is O=C(CN1CCN2CCN3CCN(CC1)CC(=O)ON(OC(=O)C2)OC(=O)C3)NC[C@H]1OC(O)[C@H](O)[C@@H](O)[C@@H]1O. The fourth-order valence-electron chi connectivity index (χ4n) is 4.72. The Hall–Kier alpha value is -2.52. The number of hydrogen-bond acceptors (Lipinski definition) is 17. The lowest BCUT2D eigenvalue weighted by atomic mass is 9.99. The van der Waals surface area contributed by atoms with Gasteiger partial charge in [-0.15, -0.1) is 0 Å². The van der Waals surface area contributed by atoms with E-state index >= 15 is 0 Å². The van der Waals surface area contributed by atoms with Gasteiger partial charge in [-0.05, 0) is 0 Å². The second-order valence-electron chi connectivity index (χ2n) is 10.1. The third kappa shape index (κ3) is 8.49. The Bertz CT molecular complexity index is 893. The van der Waals surface area contributed by atoms with Gasteiger partial charge in [0.05, 0.1) is 26.2 Å². The van der Waals surface area contributed by atoms with E-state index < -0.39 is 54.5 Å². The van der Waals surface area contributed by atoms with Gasteiger partial charge in [0.1, 0.15) is 24.4 Å². The number of rotatable bonds is 4. The van der Waals surface area contributed by atoms with E-state index in [0.29, 0.717) is 52.4 Å². The molecule has 18 nitrogen and oxygen atoms in total. The van der Waals surface area contributed by atoms with Crippen LogP contribution in [0.1, 0.15) is 0 Å². The highest BCUT2D eigenvalue weighted by Gasteiger charge is 2.43. The minimum absolute atomic E-state index is 0.0740. The zero-order valence-electron chi connectivity index (χ0n) is 21.9. The lowest BCUT2D eigenvalue weighted by Crippen LogP contribution is -2.60. The highest BCUT2D eigenvalue weighted by Crippen LogP contribution is 2.19. The maximum absolute atomic E-state index is 12.8. The topological polar surface area (TPSA) is 214 Å². The summed E-state index contributed by atoms with van der Waals surface area (Å²) in [6.45, 7) is 2.36. The van der Waals surface area contributed by atoms with Gasteiger partial charge in [0.15, 0.2) is 6.29 Å². The quantitative estimate of drug-likeness (QED) is 0.210. The first kappa shape index (κ1) is 30.4. The molecule has 4 saturated heterocycles. The van der Waals surface area contributed by atoms with Crippen LogP contribution in [-0.4, -0.2) is 185 Å². The van der Waals surface area contributed by atoms with E-state index in [1.165, 1.54) is 0 Å². The van der Waals surface area contributed by atoms with Crippen molar-refractivity contribution in [2.75, 3.05) is 85.1 Å². The largest absolute Gasteiger partial charge is 0.388 e. The van der Waals surface area contributed by atoms with E-state index in [9.17, 15) is 39.6 Å². The molecule has 4 fully saturated rings. The molecule has 4 heterocycles. The predicted molar refractivity (Wildman–Crippen MR) is 128 cm³/mol. The van der Waals surface area contributed by atoms with Gasteiger partial charge in [-0.25, -0.2) is 14.4 Å². The van der Waals surface area contributed by atoms with Crippen LogP contribution in [0.4, 0.5) is 0 Å². The Labute approximate surface area is 229 Å². The van der Waals surface area contributed by atoms with Crippen molar-refractivity contribution in [1.82, 2.24) is 30.3 Å². The highest BCUT2D eigenvalue weighted by molar-refractivity contribution is 5.78. The van der Waals surface area contributed by atoms with E-state index in [-0.39, 0.29) is 38.1 Å². The van der Waals surface area contributed by atoms with E-state index in [0.717, 1.165) is 0 Å². The molecular formula is C22H36N6O12. The van der Waals surface area contributed by atoms with Crippen molar-refractivity contribution in [3.63, 3.8) is 0 Å². The van der Waals surface area contributed by atoms with Gasteiger partial charge in [0.25, 0.3) is 0 Å². The monoisotopic (exact) mass is 576 g/mol. The van der Waals surface area contributed by atoms with Crippen LogP contribution >= 0.6 is 0 Å². The lowest BCUT2D eigenvalue weighted by molar-refractivity contribution is -0.464. The van der Waals surface area contributed by atoms with Crippen LogP contribution in [-0.2, 0) is 38.4 Å². The Balaban J connectivity index is 1.43. The molecule has 0 aliphatic carbocycles. The average Bonchev–Trinajstić information content (AvgIpc) is 2.93. The smallest absolute Gasteiger partial charge is 0.346 e. The van der Waals surface area contributed by atoms with Crippen LogP contribution in [0.15, 0.2) is 0 Å². The van der Waals surface area contributed by atoms with E-state index in [4.69, 9.17) is 19.2 Å². The second kappa shape index (κ2) is 13.9. The molecule has 4 bridgehead atoms. The summed E-state index contributed by atoms with van der Waals surface area (Å²) in [6, 6.07) is 0. The maximum Gasteiger partial charge on any atom is 0.346 e. The fraction of sp³-hybridized carbons (Fsp3) is 0.818. The Kier molecular flexibility index (Phi) is 10.6. The van der Waals surface area contributed by atoms with Gasteiger partial charge in [-0.3, -0.25) is 38.9 Å². The number of aliphatic hydroxyl groups excluding tert-OH is 4. The first-order valence-corrected chi connectivity index (χ1v) is 13.0. The predicted octanol–water partition coefficient (Wildman–Crippen LogP) is -6.17. The Morgan fingerprint density at radius 1 is 0.700 bits per heavy atom. The van der Waals surface area contributed by atoms with Crippen LogP contribution in [0.2, 0.25) is 0 Å². The van der Waals surface area contributed by atoms with E-state index in [1.54, 1.807) is 9.80 Å². The summed E-state index contributed by atoms with van der Waals surface area (Å²) in [5.74, 6) is -2.81. The molecule has 18 heteroatoms. The van der Waals surface area contributed by atoms with Crippen molar-refractivity contribution in [2.45, 2.75) is 30.7 Å². The van der Waals surface area contributed by atoms with Crippen molar-refractivity contribution in [3.8, 4) is 0 Å². The molecule has 4 aliphatic heterocycles. The van der Waals surface area contributed by atoms with Crippen LogP contribution in [0.25, 0.3) is 0 Å². The summed E-state index contributed by atoms with van der Waals surface area (Å²) in [5, 5.41) is 42.0. The molecule has 0 radical (unpaired) electrons. The number of amides is 1. The summed E-state index contributed by atoms with van der Waals surface area (Å²) in [7, 11) is 0. The van der Waals surface area contributed by atoms with Crippen LogP contribution < -0.4 is 5.32 Å². The summed E-state index contributed by atoms with van der Waals surface area (Å²) in [5.41, 5.74) is 0. The fourth-order valence-corrected chi connectivity index (χ4v) is 4.72. The van der Waals surface area contributed by atoms with Crippen LogP contribution in [0, 0.1) is 0 Å². The molecule has 1 amide bonds. The number of ether oxygens (including phenoxy) is 1. The van der Waals surface area contributed by atoms with Crippen molar-refractivity contribution in [2.24, 2.45) is 0 Å². The molecule has 0 spiro atoms. The number of hydrogen-bond donors (Lipinski definition) is 5. The van der Waals surface area contributed by atoms with Gasteiger partial charge in [-0.1, -0.05) is 0 Å². The number of carbonyl (C=O) groups excluding carboxylic acids is 4. The van der Waals surface area contributed by atoms with Crippen LogP contribution in [0.3, 0.4) is 0 Å². The van der Waals surface area contributed by atoms with Gasteiger partial charge in [-0.2, -0.15) is 0 Å². The molecule has 40 heavy (non-hydrogen) atoms. The van der Waals surface area contributed by atoms with Crippen molar-refractivity contribution < 1.29 is 58.9 Å². The minimum atomic E-state index is -1.71. The molecule has 3 unspecified atom stereocenters. The molecule has 4 aliphatic rings. The molecule has 7 atom stereocenters. The van der Waals surface area contributed by atoms with Crippen LogP contribution in [0.5, 0.6) is 0 Å². The van der Waals surface area contributed by atoms with E-state index in [1.807, 2.05) is 9.80 Å². The summed E-state index contributed by atoms with van der Waals surface area (Å²) in [4.78, 5) is 72.3. The van der Waals surface area contributed by atoms with Crippen molar-refractivity contribution in [3.05, 3.63) is 0 Å². The normalized spacial score (nSPS) is 38.5. The number of nitrogens with one attached hydrogen (secondary N) is 1. The van der Waals surface area contributed by atoms with Gasteiger partial charge >= 0.3 is 17.9 Å². The van der Waals surface area contributed by atoms with Gasteiger partial charge in [0.2, 0.25) is 11.3 Å². The Morgan fingerprint density at radius 2 is 1.15 bits per heavy atom. The first-order valence-electron chi connectivity index (χ1n) is 13.0. The molecule has 5 N–H and O–H groups in total. The molecule has 0 aromatic heterocycles. The minimum Gasteiger partial charge on any atom is -0.388 e. The zero-order valence-corrected chi connectivity index (χ0v) is 21.9. The molecule has 0 aromatic rings. The van der Waals surface area contributed by atoms with Crippen molar-refractivity contribution >= 4 is 23.8 Å². The third-order valence-corrected chi connectivity index (χ3v) is 7.07. The maximum atomic E-state index is 12.8. The summed E-state index contributed by atoms with van der Waals surface area (Å²) in [6.07, 6.45) is -7.69. The summed E-state index contributed by atoms with van der Waals surface area (Å²) < 4.78 is 5.10. The molecule has 0 aromatic carbocycles. The third-order valence-electron chi connectivity index (χ3n) is 7.07.